The molecule has 6 atom stereocenters. The Morgan fingerprint density at radius 1 is 1.21 bits per heavy atom. The lowest BCUT2D eigenvalue weighted by Crippen LogP contribution is -2.52. The van der Waals surface area contributed by atoms with Crippen LogP contribution < -0.4 is 0 Å². The molecule has 0 unspecified atom stereocenters. The molecule has 1 N–H and O–H groups in total. The van der Waals surface area contributed by atoms with Gasteiger partial charge in [-0.1, -0.05) is 30.3 Å². The van der Waals surface area contributed by atoms with E-state index in [1.54, 1.807) is 13.0 Å². The molecule has 4 rings (SSSR count). The Labute approximate surface area is 160 Å². The molecule has 1 aromatic rings. The van der Waals surface area contributed by atoms with Crippen molar-refractivity contribution in [2.24, 2.45) is 11.3 Å². The molecule has 154 valence electrons. The van der Waals surface area contributed by atoms with E-state index in [1.165, 1.54) is 24.3 Å². The van der Waals surface area contributed by atoms with Crippen molar-refractivity contribution in [3.63, 3.8) is 0 Å². The normalized spacial score (nSPS) is 41.1. The van der Waals surface area contributed by atoms with Crippen LogP contribution in [0.3, 0.4) is 0 Å². The van der Waals surface area contributed by atoms with E-state index in [9.17, 15) is 23.1 Å². The van der Waals surface area contributed by atoms with Gasteiger partial charge < -0.3 is 19.3 Å². The molecule has 1 aliphatic heterocycles. The second-order valence-electron chi connectivity index (χ2n) is 8.47. The summed E-state index contributed by atoms with van der Waals surface area (Å²) in [5.41, 5.74) is -5.97. The molecule has 0 amide bonds. The molecular weight excluding hydrogens is 377 g/mol. The molecule has 0 radical (unpaired) electrons. The molecule has 2 saturated carbocycles. The van der Waals surface area contributed by atoms with Gasteiger partial charge in [-0.25, -0.2) is 4.79 Å². The standard InChI is InChI=1S/C20H23F3O5/c1-16(25)11-27-17(2)10-14(13-9-18(13,16)17)28-15(24)19(26-3,20(21,22)23)12-7-5-4-6-8-12/h4-8,13-14,25H,9-11H2,1-3H3/t13-,14+,16-,17-,18-,19-/m0/s1. The Balaban J connectivity index is 1.64. The first kappa shape index (κ1) is 19.7. The number of carbonyl (C=O) groups is 1. The fourth-order valence-electron chi connectivity index (χ4n) is 5.59. The molecule has 0 bridgehead atoms. The Kier molecular flexibility index (Phi) is 4.01. The predicted octanol–water partition coefficient (Wildman–Crippen LogP) is 2.95. The first-order valence-electron chi connectivity index (χ1n) is 9.20. The van der Waals surface area contributed by atoms with Crippen LogP contribution in [0.1, 0.15) is 32.3 Å². The zero-order chi connectivity index (χ0) is 20.6. The molecule has 1 heterocycles. The van der Waals surface area contributed by atoms with Gasteiger partial charge in [0.15, 0.2) is 0 Å². The predicted molar refractivity (Wildman–Crippen MR) is 91.2 cm³/mol. The monoisotopic (exact) mass is 400 g/mol. The van der Waals surface area contributed by atoms with Crippen molar-refractivity contribution in [2.75, 3.05) is 13.7 Å². The third kappa shape index (κ3) is 2.22. The van der Waals surface area contributed by atoms with Crippen molar-refractivity contribution in [2.45, 2.75) is 55.8 Å². The molecule has 3 fully saturated rings. The van der Waals surface area contributed by atoms with Crippen LogP contribution in [0.5, 0.6) is 0 Å². The number of alkyl halides is 3. The first-order valence-corrected chi connectivity index (χ1v) is 9.20. The molecule has 1 spiro atoms. The molecule has 5 nitrogen and oxygen atoms in total. The molecule has 3 aliphatic rings. The molecule has 1 aromatic carbocycles. The summed E-state index contributed by atoms with van der Waals surface area (Å²) in [6.45, 7) is 3.66. The molecule has 28 heavy (non-hydrogen) atoms. The van der Waals surface area contributed by atoms with Crippen LogP contribution in [0.25, 0.3) is 0 Å². The van der Waals surface area contributed by atoms with Gasteiger partial charge in [0.2, 0.25) is 0 Å². The van der Waals surface area contributed by atoms with Crippen LogP contribution in [0.4, 0.5) is 13.2 Å². The summed E-state index contributed by atoms with van der Waals surface area (Å²) in [7, 11) is 0.846. The maximum Gasteiger partial charge on any atom is 0.432 e. The van der Waals surface area contributed by atoms with Gasteiger partial charge in [0, 0.05) is 30.4 Å². The van der Waals surface area contributed by atoms with Crippen LogP contribution in [0.2, 0.25) is 0 Å². The third-order valence-electron chi connectivity index (χ3n) is 7.06. The maximum absolute atomic E-state index is 14.0. The van der Waals surface area contributed by atoms with Crippen molar-refractivity contribution >= 4 is 5.97 Å². The lowest BCUT2D eigenvalue weighted by Gasteiger charge is -2.34. The molecule has 8 heteroatoms. The van der Waals surface area contributed by atoms with Crippen molar-refractivity contribution in [3.05, 3.63) is 35.9 Å². The number of aliphatic hydroxyl groups is 1. The van der Waals surface area contributed by atoms with Gasteiger partial charge in [0.25, 0.3) is 5.60 Å². The highest BCUT2D eigenvalue weighted by Gasteiger charge is 2.83. The quantitative estimate of drug-likeness (QED) is 0.788. The van der Waals surface area contributed by atoms with Crippen molar-refractivity contribution in [3.8, 4) is 0 Å². The zero-order valence-electron chi connectivity index (χ0n) is 15.9. The molecule has 0 aromatic heterocycles. The third-order valence-corrected chi connectivity index (χ3v) is 7.06. The summed E-state index contributed by atoms with van der Waals surface area (Å²) in [6, 6.07) is 6.75. The van der Waals surface area contributed by atoms with Crippen LogP contribution >= 0.6 is 0 Å². The second kappa shape index (κ2) is 5.70. The maximum atomic E-state index is 14.0. The summed E-state index contributed by atoms with van der Waals surface area (Å²) in [5, 5.41) is 10.7. The van der Waals surface area contributed by atoms with Gasteiger partial charge in [-0.3, -0.25) is 0 Å². The van der Waals surface area contributed by atoms with Gasteiger partial charge in [0.05, 0.1) is 17.8 Å². The number of carbonyl (C=O) groups excluding carboxylic acids is 1. The van der Waals surface area contributed by atoms with Crippen molar-refractivity contribution < 1.29 is 37.3 Å². The molecule has 1 saturated heterocycles. The van der Waals surface area contributed by atoms with E-state index < -0.39 is 40.5 Å². The van der Waals surface area contributed by atoms with Gasteiger partial charge in [-0.2, -0.15) is 13.2 Å². The van der Waals surface area contributed by atoms with E-state index >= 15 is 0 Å². The lowest BCUT2D eigenvalue weighted by molar-refractivity contribution is -0.278. The fourth-order valence-corrected chi connectivity index (χ4v) is 5.59. The zero-order valence-corrected chi connectivity index (χ0v) is 15.9. The summed E-state index contributed by atoms with van der Waals surface area (Å²) in [6.07, 6.45) is -5.00. The van der Waals surface area contributed by atoms with E-state index in [1.807, 2.05) is 6.92 Å². The topological polar surface area (TPSA) is 65.0 Å². The van der Waals surface area contributed by atoms with Gasteiger partial charge in [-0.05, 0) is 20.3 Å². The Morgan fingerprint density at radius 2 is 1.86 bits per heavy atom. The summed E-state index contributed by atoms with van der Waals surface area (Å²) in [4.78, 5) is 12.9. The largest absolute Gasteiger partial charge is 0.459 e. The number of rotatable bonds is 4. The minimum Gasteiger partial charge on any atom is -0.459 e. The number of benzene rings is 1. The molecular formula is C20H23F3O5. The van der Waals surface area contributed by atoms with E-state index in [0.29, 0.717) is 6.42 Å². The second-order valence-corrected chi connectivity index (χ2v) is 8.47. The summed E-state index contributed by atoms with van der Waals surface area (Å²) in [5.74, 6) is -1.73. The van der Waals surface area contributed by atoms with Gasteiger partial charge in [0.1, 0.15) is 6.10 Å². The highest BCUT2D eigenvalue weighted by Crippen LogP contribution is 2.77. The number of halogens is 3. The Morgan fingerprint density at radius 3 is 2.39 bits per heavy atom. The van der Waals surface area contributed by atoms with Gasteiger partial charge >= 0.3 is 12.1 Å². The van der Waals surface area contributed by atoms with Gasteiger partial charge in [-0.15, -0.1) is 0 Å². The lowest BCUT2D eigenvalue weighted by atomic mass is 9.77. The number of esters is 1. The van der Waals surface area contributed by atoms with E-state index in [0.717, 1.165) is 7.11 Å². The van der Waals surface area contributed by atoms with Crippen LogP contribution in [-0.2, 0) is 24.6 Å². The Bertz CT molecular complexity index is 795. The van der Waals surface area contributed by atoms with E-state index in [4.69, 9.17) is 14.2 Å². The first-order chi connectivity index (χ1) is 13.0. The van der Waals surface area contributed by atoms with Crippen LogP contribution in [0, 0.1) is 11.3 Å². The minimum atomic E-state index is -5.01. The van der Waals surface area contributed by atoms with E-state index in [2.05, 4.69) is 0 Å². The number of methoxy groups -OCH3 is 1. The highest BCUT2D eigenvalue weighted by molar-refractivity contribution is 5.83. The highest BCUT2D eigenvalue weighted by atomic mass is 19.4. The van der Waals surface area contributed by atoms with Crippen LogP contribution in [0.15, 0.2) is 30.3 Å². The number of hydrogen-bond acceptors (Lipinski definition) is 5. The number of hydrogen-bond donors (Lipinski definition) is 1. The minimum absolute atomic E-state index is 0.162. The molecule has 2 aliphatic carbocycles. The average Bonchev–Trinajstić information content (AvgIpc) is 3.29. The van der Waals surface area contributed by atoms with E-state index in [-0.39, 0.29) is 24.5 Å². The summed E-state index contributed by atoms with van der Waals surface area (Å²) >= 11 is 0. The SMILES string of the molecule is CO[C@](C(=O)O[C@@H]1C[C@]2(C)OC[C@](C)(O)[C@@]23C[C@@H]13)(c1ccccc1)C(F)(F)F. The average molecular weight is 400 g/mol. The smallest absolute Gasteiger partial charge is 0.432 e. The Hall–Kier alpha value is -1.64. The fraction of sp³-hybridized carbons (Fsp3) is 0.650. The number of ether oxygens (including phenoxy) is 3. The van der Waals surface area contributed by atoms with Crippen molar-refractivity contribution in [1.82, 2.24) is 0 Å². The summed E-state index contributed by atoms with van der Waals surface area (Å²) < 4.78 is 58.1. The van der Waals surface area contributed by atoms with Crippen LogP contribution in [-0.4, -0.2) is 48.3 Å². The van der Waals surface area contributed by atoms with Crippen molar-refractivity contribution in [1.29, 1.82) is 0 Å².